The number of rotatable bonds is 12. The van der Waals surface area contributed by atoms with Crippen LogP contribution in [0.4, 0.5) is 4.79 Å². The van der Waals surface area contributed by atoms with E-state index in [1.165, 1.54) is 59.8 Å². The van der Waals surface area contributed by atoms with Crippen molar-refractivity contribution in [3.63, 3.8) is 0 Å². The van der Waals surface area contributed by atoms with Crippen LogP contribution in [0.15, 0.2) is 48.5 Å². The maximum Gasteiger partial charge on any atom is 0.320 e. The Morgan fingerprint density at radius 2 is 1.28 bits per heavy atom. The van der Waals surface area contributed by atoms with Gasteiger partial charge in [0.05, 0.1) is 44.4 Å². The van der Waals surface area contributed by atoms with Crippen molar-refractivity contribution in [2.45, 2.75) is 90.4 Å². The molecular formula is C45H61N7O4S2. The highest BCUT2D eigenvalue weighted by molar-refractivity contribution is 7.15. The van der Waals surface area contributed by atoms with Gasteiger partial charge in [0, 0.05) is 91.6 Å². The van der Waals surface area contributed by atoms with Crippen LogP contribution in [0.25, 0.3) is 21.1 Å². The van der Waals surface area contributed by atoms with Gasteiger partial charge in [-0.2, -0.15) is 0 Å². The quantitative estimate of drug-likeness (QED) is 0.145. The number of urea groups is 1. The van der Waals surface area contributed by atoms with Gasteiger partial charge in [-0.05, 0) is 114 Å². The molecule has 13 heteroatoms. The lowest BCUT2D eigenvalue weighted by atomic mass is 10.2. The Labute approximate surface area is 352 Å². The minimum absolute atomic E-state index is 0.125. The minimum Gasteiger partial charge on any atom is -0.494 e. The molecule has 2 unspecified atom stereocenters. The monoisotopic (exact) mass is 827 g/mol. The molecule has 9 rings (SSSR count). The third-order valence-corrected chi connectivity index (χ3v) is 14.5. The predicted molar refractivity (Wildman–Crippen MR) is 233 cm³/mol. The zero-order valence-electron chi connectivity index (χ0n) is 34.5. The summed E-state index contributed by atoms with van der Waals surface area (Å²) in [6.07, 6.45) is 9.36. The van der Waals surface area contributed by atoms with E-state index in [4.69, 9.17) is 24.2 Å². The van der Waals surface area contributed by atoms with Crippen molar-refractivity contribution in [3.05, 3.63) is 69.7 Å². The second-order valence-corrected chi connectivity index (χ2v) is 18.4. The Morgan fingerprint density at radius 3 is 1.81 bits per heavy atom. The van der Waals surface area contributed by atoms with Crippen molar-refractivity contribution in [3.8, 4) is 32.6 Å². The van der Waals surface area contributed by atoms with Crippen molar-refractivity contribution >= 4 is 28.7 Å². The van der Waals surface area contributed by atoms with Gasteiger partial charge >= 0.3 is 6.03 Å². The minimum atomic E-state index is 0.125. The van der Waals surface area contributed by atoms with Crippen molar-refractivity contribution < 1.29 is 19.0 Å². The zero-order chi connectivity index (χ0) is 39.7. The summed E-state index contributed by atoms with van der Waals surface area (Å²) in [6, 6.07) is 18.3. The second-order valence-electron chi connectivity index (χ2n) is 16.3. The molecule has 2 amide bonds. The molecule has 312 valence electrons. The highest BCUT2D eigenvalue weighted by Crippen LogP contribution is 2.34. The number of morpholine rings is 1. The Kier molecular flexibility index (Phi) is 14.3. The number of carbonyl (C=O) groups is 1. The van der Waals surface area contributed by atoms with E-state index < -0.39 is 0 Å². The molecular weight excluding hydrogens is 767 g/mol. The number of nitrogens with one attached hydrogen (secondary N) is 1. The Balaban J connectivity index is 0.000000168. The number of likely N-dealkylation sites (tertiary alicyclic amines) is 2. The molecule has 0 radical (unpaired) electrons. The van der Waals surface area contributed by atoms with Crippen molar-refractivity contribution in [2.75, 3.05) is 78.8 Å². The Morgan fingerprint density at radius 1 is 0.724 bits per heavy atom. The first kappa shape index (κ1) is 41.2. The molecule has 7 heterocycles. The van der Waals surface area contributed by atoms with Crippen molar-refractivity contribution in [1.29, 1.82) is 0 Å². The van der Waals surface area contributed by atoms with Crippen molar-refractivity contribution in [2.24, 2.45) is 0 Å². The summed E-state index contributed by atoms with van der Waals surface area (Å²) >= 11 is 3.51. The number of aromatic nitrogens is 2. The van der Waals surface area contributed by atoms with E-state index in [-0.39, 0.29) is 6.03 Å². The van der Waals surface area contributed by atoms with Gasteiger partial charge in [-0.3, -0.25) is 0 Å². The molecule has 5 aliphatic heterocycles. The van der Waals surface area contributed by atoms with E-state index in [0.717, 1.165) is 116 Å². The fourth-order valence-corrected chi connectivity index (χ4v) is 10.9. The van der Waals surface area contributed by atoms with E-state index >= 15 is 0 Å². The van der Waals surface area contributed by atoms with Gasteiger partial charge in [0.2, 0.25) is 0 Å². The van der Waals surface area contributed by atoms with Gasteiger partial charge in [0.15, 0.2) is 0 Å². The number of ether oxygens (including phenoxy) is 3. The largest absolute Gasteiger partial charge is 0.494 e. The molecule has 4 aromatic rings. The number of hydrogen-bond donors (Lipinski definition) is 1. The molecule has 3 saturated heterocycles. The lowest BCUT2D eigenvalue weighted by Gasteiger charge is -2.34. The first-order chi connectivity index (χ1) is 28.5. The van der Waals surface area contributed by atoms with E-state index in [1.807, 2.05) is 33.3 Å². The zero-order valence-corrected chi connectivity index (χ0v) is 36.1. The highest BCUT2D eigenvalue weighted by atomic mass is 32.1. The van der Waals surface area contributed by atoms with E-state index in [2.05, 4.69) is 65.4 Å². The van der Waals surface area contributed by atoms with Gasteiger partial charge in [0.1, 0.15) is 21.5 Å². The SMILES string of the molecule is CC1CCCN1CCCOc1ccc(-c2nc3c(s2)CN(C(=O)N2CCOCC2)CC3)cc1.CC1CCCN1CCCOc1ccc(-c2nc3c(s2)CNCC3)cc1. The molecule has 3 fully saturated rings. The smallest absolute Gasteiger partial charge is 0.320 e. The van der Waals surface area contributed by atoms with Gasteiger partial charge in [-0.1, -0.05) is 0 Å². The van der Waals surface area contributed by atoms with Gasteiger partial charge in [-0.15, -0.1) is 22.7 Å². The average molecular weight is 828 g/mol. The predicted octanol–water partition coefficient (Wildman–Crippen LogP) is 7.58. The third-order valence-electron chi connectivity index (χ3n) is 12.2. The standard InChI is InChI=1S/C25H34N4O3S.C20H27N3OS/c1-19-4-2-10-27(19)11-3-15-32-21-7-5-20(6-8-21)24-26-22-9-12-29(18-23(22)33-24)25(30)28-13-16-31-17-14-28;1-15-4-2-11-23(15)12-3-13-24-17-7-5-16(6-8-17)20-22-18-9-10-21-14-19(18)25-20/h5-8,19H,2-4,9-18H2,1H3;5-8,15,21H,2-4,9-14H2,1H3. The lowest BCUT2D eigenvalue weighted by molar-refractivity contribution is 0.0422. The fraction of sp³-hybridized carbons (Fsp3) is 0.578. The molecule has 58 heavy (non-hydrogen) atoms. The lowest BCUT2D eigenvalue weighted by Crippen LogP contribution is -2.49. The van der Waals surface area contributed by atoms with Crippen LogP contribution in [0.5, 0.6) is 11.5 Å². The molecule has 11 nitrogen and oxygen atoms in total. The summed E-state index contributed by atoms with van der Waals surface area (Å²) in [7, 11) is 0. The molecule has 2 atom stereocenters. The first-order valence-electron chi connectivity index (χ1n) is 21.7. The second kappa shape index (κ2) is 20.1. The van der Waals surface area contributed by atoms with E-state index in [1.54, 1.807) is 11.3 Å². The third kappa shape index (κ3) is 10.6. The van der Waals surface area contributed by atoms with Crippen LogP contribution in [0.1, 0.15) is 73.5 Å². The number of carbonyl (C=O) groups excluding carboxylic acids is 1. The number of hydrogen-bond acceptors (Lipinski definition) is 11. The number of benzene rings is 2. The summed E-state index contributed by atoms with van der Waals surface area (Å²) in [5.74, 6) is 1.87. The number of thiazole rings is 2. The summed E-state index contributed by atoms with van der Waals surface area (Å²) < 4.78 is 17.3. The van der Waals surface area contributed by atoms with Gasteiger partial charge < -0.3 is 39.1 Å². The van der Waals surface area contributed by atoms with Gasteiger partial charge in [0.25, 0.3) is 0 Å². The van der Waals surface area contributed by atoms with Gasteiger partial charge in [-0.25, -0.2) is 14.8 Å². The summed E-state index contributed by atoms with van der Waals surface area (Å²) in [5.41, 5.74) is 4.71. The first-order valence-corrected chi connectivity index (χ1v) is 23.3. The Hall–Kier alpha value is -3.59. The van der Waals surface area contributed by atoms with Crippen molar-refractivity contribution in [1.82, 2.24) is 34.9 Å². The number of nitrogens with zero attached hydrogens (tertiary/aromatic N) is 6. The summed E-state index contributed by atoms with van der Waals surface area (Å²) in [4.78, 5) is 34.1. The molecule has 2 aromatic carbocycles. The molecule has 0 spiro atoms. The Bertz CT molecular complexity index is 1890. The highest BCUT2D eigenvalue weighted by Gasteiger charge is 2.29. The van der Waals surface area contributed by atoms with Crippen LogP contribution in [0, 0.1) is 0 Å². The van der Waals surface area contributed by atoms with Crippen LogP contribution in [-0.2, 0) is 30.7 Å². The summed E-state index contributed by atoms with van der Waals surface area (Å²) in [5, 5.41) is 5.56. The maximum absolute atomic E-state index is 12.8. The van der Waals surface area contributed by atoms with Crippen LogP contribution in [-0.4, -0.2) is 126 Å². The maximum atomic E-state index is 12.8. The molecule has 1 N–H and O–H groups in total. The van der Waals surface area contributed by atoms with Crippen LogP contribution >= 0.6 is 22.7 Å². The molecule has 5 aliphatic rings. The number of amides is 2. The number of fused-ring (bicyclic) bond motifs is 2. The normalized spacial score (nSPS) is 21.0. The molecule has 0 aliphatic carbocycles. The fourth-order valence-electron chi connectivity index (χ4n) is 8.64. The average Bonchev–Trinajstić information content (AvgIpc) is 4.09. The van der Waals surface area contributed by atoms with E-state index in [0.29, 0.717) is 32.8 Å². The van der Waals surface area contributed by atoms with Crippen LogP contribution in [0.2, 0.25) is 0 Å². The molecule has 2 aromatic heterocycles. The summed E-state index contributed by atoms with van der Waals surface area (Å²) in [6.45, 7) is 17.0. The molecule has 0 bridgehead atoms. The topological polar surface area (TPSA) is 95.5 Å². The molecule has 0 saturated carbocycles. The van der Waals surface area contributed by atoms with Crippen LogP contribution in [0.3, 0.4) is 0 Å². The van der Waals surface area contributed by atoms with E-state index in [9.17, 15) is 4.79 Å². The van der Waals surface area contributed by atoms with Crippen LogP contribution < -0.4 is 14.8 Å².